The second-order valence-electron chi connectivity index (χ2n) is 9.10. The lowest BCUT2D eigenvalue weighted by atomic mass is 9.94. The zero-order chi connectivity index (χ0) is 24.9. The molecule has 0 saturated heterocycles. The number of amides is 2. The van der Waals surface area contributed by atoms with Crippen LogP contribution in [0, 0.1) is 5.82 Å². The number of nitrogens with zero attached hydrogens (tertiary/aromatic N) is 4. The molecule has 8 heteroatoms. The van der Waals surface area contributed by atoms with E-state index in [4.69, 9.17) is 0 Å². The normalized spacial score (nSPS) is 14.9. The van der Waals surface area contributed by atoms with Crippen LogP contribution < -0.4 is 10.2 Å². The van der Waals surface area contributed by atoms with Crippen molar-refractivity contribution < 1.29 is 14.0 Å². The van der Waals surface area contributed by atoms with Gasteiger partial charge in [-0.15, -0.1) is 5.10 Å². The molecule has 1 atom stereocenters. The van der Waals surface area contributed by atoms with Crippen LogP contribution in [0.3, 0.4) is 0 Å². The zero-order valence-electron chi connectivity index (χ0n) is 19.9. The monoisotopic (exact) mass is 485 g/mol. The van der Waals surface area contributed by atoms with Crippen LogP contribution in [-0.2, 0) is 16.1 Å². The third kappa shape index (κ3) is 4.98. The molecule has 0 radical (unpaired) electrons. The molecule has 5 rings (SSSR count). The summed E-state index contributed by atoms with van der Waals surface area (Å²) in [5.41, 5.74) is 2.01. The summed E-state index contributed by atoms with van der Waals surface area (Å²) in [7, 11) is 0. The van der Waals surface area contributed by atoms with E-state index in [-0.39, 0.29) is 18.2 Å². The Morgan fingerprint density at radius 3 is 2.42 bits per heavy atom. The Hall–Kier alpha value is -4.07. The molecule has 0 bridgehead atoms. The van der Waals surface area contributed by atoms with Crippen LogP contribution in [0.4, 0.5) is 10.1 Å². The van der Waals surface area contributed by atoms with Gasteiger partial charge in [0.05, 0.1) is 5.52 Å². The van der Waals surface area contributed by atoms with Gasteiger partial charge in [0.25, 0.3) is 0 Å². The van der Waals surface area contributed by atoms with Crippen LogP contribution in [0.5, 0.6) is 0 Å². The molecule has 1 heterocycles. The van der Waals surface area contributed by atoms with Crippen LogP contribution in [0.25, 0.3) is 11.0 Å². The lowest BCUT2D eigenvalue weighted by Gasteiger charge is -2.33. The van der Waals surface area contributed by atoms with E-state index in [2.05, 4.69) is 15.6 Å². The van der Waals surface area contributed by atoms with Gasteiger partial charge in [-0.05, 0) is 43.2 Å². The van der Waals surface area contributed by atoms with Gasteiger partial charge in [-0.1, -0.05) is 73.0 Å². The average Bonchev–Trinajstić information content (AvgIpc) is 3.31. The van der Waals surface area contributed by atoms with Crippen molar-refractivity contribution >= 4 is 28.5 Å². The first-order chi connectivity index (χ1) is 17.6. The molecule has 2 amide bonds. The minimum Gasteiger partial charge on any atom is -0.351 e. The number of benzene rings is 3. The van der Waals surface area contributed by atoms with Crippen molar-refractivity contribution in [3.63, 3.8) is 0 Å². The van der Waals surface area contributed by atoms with Gasteiger partial charge in [-0.25, -0.2) is 9.07 Å². The summed E-state index contributed by atoms with van der Waals surface area (Å²) >= 11 is 0. The summed E-state index contributed by atoms with van der Waals surface area (Å²) in [6.45, 7) is -0.156. The number of para-hydroxylation sites is 2. The van der Waals surface area contributed by atoms with E-state index < -0.39 is 23.7 Å². The van der Waals surface area contributed by atoms with Crippen LogP contribution in [0.2, 0.25) is 0 Å². The maximum Gasteiger partial charge on any atom is 0.249 e. The van der Waals surface area contributed by atoms with Crippen LogP contribution >= 0.6 is 0 Å². The largest absolute Gasteiger partial charge is 0.351 e. The van der Waals surface area contributed by atoms with Gasteiger partial charge in [0, 0.05) is 17.3 Å². The molecule has 184 valence electrons. The van der Waals surface area contributed by atoms with E-state index in [0.29, 0.717) is 16.7 Å². The number of rotatable bonds is 7. The summed E-state index contributed by atoms with van der Waals surface area (Å²) in [5.74, 6) is -1.34. The summed E-state index contributed by atoms with van der Waals surface area (Å²) in [4.78, 5) is 29.1. The second kappa shape index (κ2) is 10.7. The number of hydrogen-bond acceptors (Lipinski definition) is 4. The fourth-order valence-electron chi connectivity index (χ4n) is 4.89. The summed E-state index contributed by atoms with van der Waals surface area (Å²) in [5, 5.41) is 11.4. The van der Waals surface area contributed by atoms with Crippen molar-refractivity contribution in [1.82, 2.24) is 20.3 Å². The number of nitrogens with one attached hydrogen (secondary N) is 1. The molecule has 0 aliphatic heterocycles. The van der Waals surface area contributed by atoms with Crippen LogP contribution in [0.15, 0.2) is 78.9 Å². The van der Waals surface area contributed by atoms with Crippen LogP contribution in [0.1, 0.15) is 43.7 Å². The molecule has 1 aliphatic carbocycles. The van der Waals surface area contributed by atoms with Gasteiger partial charge >= 0.3 is 0 Å². The topological polar surface area (TPSA) is 80.1 Å². The van der Waals surface area contributed by atoms with Gasteiger partial charge < -0.3 is 5.32 Å². The number of hydrogen-bond donors (Lipinski definition) is 1. The third-order valence-electron chi connectivity index (χ3n) is 6.67. The molecule has 7 nitrogen and oxygen atoms in total. The molecular formula is C28H28FN5O2. The van der Waals surface area contributed by atoms with Crippen molar-refractivity contribution in [2.75, 3.05) is 4.90 Å². The van der Waals surface area contributed by atoms with E-state index in [0.717, 1.165) is 32.1 Å². The standard InChI is InChI=1S/C28H28FN5O2/c29-23-16-8-7-15-22(23)27(28(36)30-20-11-3-1-4-12-20)34(21-13-5-2-6-14-21)26(35)19-33-25-18-10-9-17-24(25)31-32-33/h2,5-10,13-18,20,27H,1,3-4,11-12,19H2,(H,30,36)/t27-/m1/s1. The smallest absolute Gasteiger partial charge is 0.249 e. The molecule has 1 fully saturated rings. The van der Waals surface area contributed by atoms with E-state index >= 15 is 4.39 Å². The molecule has 0 unspecified atom stereocenters. The van der Waals surface area contributed by atoms with Crippen molar-refractivity contribution in [2.24, 2.45) is 0 Å². The first-order valence-corrected chi connectivity index (χ1v) is 12.3. The number of fused-ring (bicyclic) bond motifs is 1. The van der Waals surface area contributed by atoms with Gasteiger partial charge in [-0.3, -0.25) is 14.5 Å². The Labute approximate surface area is 208 Å². The van der Waals surface area contributed by atoms with Crippen molar-refractivity contribution in [2.45, 2.75) is 50.7 Å². The Kier molecular flexibility index (Phi) is 7.02. The molecule has 0 spiro atoms. The summed E-state index contributed by atoms with van der Waals surface area (Å²) < 4.78 is 16.7. The predicted molar refractivity (Wildman–Crippen MR) is 136 cm³/mol. The Morgan fingerprint density at radius 2 is 1.64 bits per heavy atom. The van der Waals surface area contributed by atoms with E-state index in [1.807, 2.05) is 30.3 Å². The highest BCUT2D eigenvalue weighted by atomic mass is 19.1. The van der Waals surface area contributed by atoms with E-state index in [9.17, 15) is 9.59 Å². The summed E-state index contributed by atoms with van der Waals surface area (Å²) in [6.07, 6.45) is 4.97. The first kappa shape index (κ1) is 23.7. The number of carbonyl (C=O) groups is 2. The highest BCUT2D eigenvalue weighted by Gasteiger charge is 2.36. The van der Waals surface area contributed by atoms with Crippen molar-refractivity contribution in [3.05, 3.63) is 90.2 Å². The molecule has 1 aliphatic rings. The maximum atomic E-state index is 15.2. The lowest BCUT2D eigenvalue weighted by molar-refractivity contribution is -0.127. The van der Waals surface area contributed by atoms with Gasteiger partial charge in [0.1, 0.15) is 23.9 Å². The van der Waals surface area contributed by atoms with Crippen molar-refractivity contribution in [3.8, 4) is 0 Å². The lowest BCUT2D eigenvalue weighted by Crippen LogP contribution is -2.48. The number of anilines is 1. The van der Waals surface area contributed by atoms with Crippen molar-refractivity contribution in [1.29, 1.82) is 0 Å². The number of aromatic nitrogens is 3. The Balaban J connectivity index is 1.55. The minimum absolute atomic E-state index is 0.00695. The summed E-state index contributed by atoms with van der Waals surface area (Å²) in [6, 6.07) is 21.2. The second-order valence-corrected chi connectivity index (χ2v) is 9.10. The molecule has 1 aromatic heterocycles. The molecule has 36 heavy (non-hydrogen) atoms. The highest BCUT2D eigenvalue weighted by molar-refractivity contribution is 6.01. The van der Waals surface area contributed by atoms with E-state index in [1.54, 1.807) is 42.5 Å². The Morgan fingerprint density at radius 1 is 0.944 bits per heavy atom. The van der Waals surface area contributed by atoms with Crippen LogP contribution in [-0.4, -0.2) is 32.9 Å². The van der Waals surface area contributed by atoms with Gasteiger partial charge in [0.2, 0.25) is 11.8 Å². The minimum atomic E-state index is -1.18. The molecule has 1 N–H and O–H groups in total. The Bertz CT molecular complexity index is 1350. The molecule has 4 aromatic rings. The average molecular weight is 486 g/mol. The zero-order valence-corrected chi connectivity index (χ0v) is 19.9. The first-order valence-electron chi connectivity index (χ1n) is 12.3. The molecule has 1 saturated carbocycles. The fourth-order valence-corrected chi connectivity index (χ4v) is 4.89. The molecular weight excluding hydrogens is 457 g/mol. The predicted octanol–water partition coefficient (Wildman–Crippen LogP) is 4.79. The van der Waals surface area contributed by atoms with E-state index in [1.165, 1.54) is 15.6 Å². The highest BCUT2D eigenvalue weighted by Crippen LogP contribution is 2.31. The van der Waals surface area contributed by atoms with Gasteiger partial charge in [0.15, 0.2) is 0 Å². The number of carbonyl (C=O) groups excluding carboxylic acids is 2. The number of halogens is 1. The molecule has 3 aromatic carbocycles. The quantitative estimate of drug-likeness (QED) is 0.408. The SMILES string of the molecule is O=C(NC1CCCCC1)[C@@H](c1ccccc1F)N(C(=O)Cn1nnc2ccccc21)c1ccccc1. The fraction of sp³-hybridized carbons (Fsp3) is 0.286. The third-order valence-corrected chi connectivity index (χ3v) is 6.67. The maximum absolute atomic E-state index is 15.2. The van der Waals surface area contributed by atoms with Gasteiger partial charge in [-0.2, -0.15) is 0 Å².